The van der Waals surface area contributed by atoms with Gasteiger partial charge in [-0.25, -0.2) is 4.39 Å². The molecule has 3 aromatic rings. The molecule has 0 atom stereocenters. The van der Waals surface area contributed by atoms with Crippen molar-refractivity contribution in [2.45, 2.75) is 6.54 Å². The van der Waals surface area contributed by atoms with Gasteiger partial charge in [0.05, 0.1) is 5.02 Å². The highest BCUT2D eigenvalue weighted by molar-refractivity contribution is 6.30. The monoisotopic (exact) mass is 286 g/mol. The smallest absolute Gasteiger partial charge is 0.146 e. The van der Waals surface area contributed by atoms with Crippen molar-refractivity contribution in [2.24, 2.45) is 0 Å². The number of nitrogens with one attached hydrogen (secondary N) is 1. The van der Waals surface area contributed by atoms with Crippen LogP contribution in [0.25, 0.3) is 10.8 Å². The molecule has 2 nitrogen and oxygen atoms in total. The Morgan fingerprint density at radius 2 is 1.95 bits per heavy atom. The summed E-state index contributed by atoms with van der Waals surface area (Å²) in [7, 11) is 0. The van der Waals surface area contributed by atoms with Gasteiger partial charge in [0.1, 0.15) is 5.82 Å². The molecule has 1 heterocycles. The number of anilines is 1. The lowest BCUT2D eigenvalue weighted by Crippen LogP contribution is -2.02. The molecule has 0 aliphatic heterocycles. The molecule has 1 N–H and O–H groups in total. The van der Waals surface area contributed by atoms with Crippen molar-refractivity contribution < 1.29 is 4.39 Å². The number of pyridine rings is 1. The van der Waals surface area contributed by atoms with Crippen LogP contribution in [0.1, 0.15) is 5.56 Å². The lowest BCUT2D eigenvalue weighted by Gasteiger charge is -2.10. The van der Waals surface area contributed by atoms with E-state index in [-0.39, 0.29) is 10.8 Å². The van der Waals surface area contributed by atoms with Gasteiger partial charge in [-0.2, -0.15) is 0 Å². The molecule has 0 radical (unpaired) electrons. The maximum Gasteiger partial charge on any atom is 0.146 e. The molecule has 0 saturated heterocycles. The van der Waals surface area contributed by atoms with Crippen LogP contribution in [0.5, 0.6) is 0 Å². The molecule has 0 aliphatic carbocycles. The van der Waals surface area contributed by atoms with Crippen LogP contribution in [0.4, 0.5) is 10.1 Å². The summed E-state index contributed by atoms with van der Waals surface area (Å²) < 4.78 is 13.8. The van der Waals surface area contributed by atoms with Crippen LogP contribution in [-0.4, -0.2) is 4.98 Å². The Labute approximate surface area is 121 Å². The summed E-state index contributed by atoms with van der Waals surface area (Å²) in [5, 5.41) is 5.48. The number of hydrogen-bond donors (Lipinski definition) is 1. The Balaban J connectivity index is 1.89. The Bertz CT molecular complexity index is 753. The zero-order chi connectivity index (χ0) is 13.9. The fourth-order valence-electron chi connectivity index (χ4n) is 2.14. The zero-order valence-corrected chi connectivity index (χ0v) is 11.4. The Morgan fingerprint density at radius 1 is 1.10 bits per heavy atom. The normalized spacial score (nSPS) is 10.7. The van der Waals surface area contributed by atoms with Crippen LogP contribution < -0.4 is 5.32 Å². The van der Waals surface area contributed by atoms with Crippen molar-refractivity contribution in [1.29, 1.82) is 0 Å². The van der Waals surface area contributed by atoms with Crippen molar-refractivity contribution >= 4 is 28.1 Å². The number of aromatic nitrogens is 1. The first-order valence-electron chi connectivity index (χ1n) is 6.25. The van der Waals surface area contributed by atoms with Gasteiger partial charge in [0.25, 0.3) is 0 Å². The summed E-state index contributed by atoms with van der Waals surface area (Å²) in [4.78, 5) is 4.13. The van der Waals surface area contributed by atoms with Gasteiger partial charge in [-0.05, 0) is 23.6 Å². The molecule has 0 fully saturated rings. The average Bonchev–Trinajstić information content (AvgIpc) is 2.49. The van der Waals surface area contributed by atoms with E-state index in [4.69, 9.17) is 11.6 Å². The predicted octanol–water partition coefficient (Wildman–Crippen LogP) is 4.64. The summed E-state index contributed by atoms with van der Waals surface area (Å²) in [6, 6.07) is 12.9. The molecule has 4 heteroatoms. The number of fused-ring (bicyclic) bond motifs is 1. The molecule has 0 amide bonds. The van der Waals surface area contributed by atoms with E-state index in [9.17, 15) is 4.39 Å². The second-order valence-corrected chi connectivity index (χ2v) is 4.88. The average molecular weight is 287 g/mol. The van der Waals surface area contributed by atoms with E-state index >= 15 is 0 Å². The first-order chi connectivity index (χ1) is 9.75. The zero-order valence-electron chi connectivity index (χ0n) is 10.6. The minimum absolute atomic E-state index is 0.142. The third kappa shape index (κ3) is 2.45. The summed E-state index contributed by atoms with van der Waals surface area (Å²) in [5.41, 5.74) is 1.47. The van der Waals surface area contributed by atoms with Gasteiger partial charge in [0.2, 0.25) is 0 Å². The molecule has 0 spiro atoms. The molecule has 100 valence electrons. The van der Waals surface area contributed by atoms with Gasteiger partial charge in [0.15, 0.2) is 0 Å². The van der Waals surface area contributed by atoms with Crippen molar-refractivity contribution in [3.63, 3.8) is 0 Å². The SMILES string of the molecule is Fc1c(Cl)cccc1CNc1cccc2ccncc12. The minimum Gasteiger partial charge on any atom is -0.380 e. The third-order valence-corrected chi connectivity index (χ3v) is 3.48. The van der Waals surface area contributed by atoms with Crippen molar-refractivity contribution in [3.05, 3.63) is 71.3 Å². The van der Waals surface area contributed by atoms with Crippen LogP contribution >= 0.6 is 11.6 Å². The highest BCUT2D eigenvalue weighted by Crippen LogP contribution is 2.24. The molecule has 20 heavy (non-hydrogen) atoms. The number of nitrogens with zero attached hydrogens (tertiary/aromatic N) is 1. The quantitative estimate of drug-likeness (QED) is 0.759. The number of hydrogen-bond acceptors (Lipinski definition) is 2. The highest BCUT2D eigenvalue weighted by Gasteiger charge is 2.06. The second kappa shape index (κ2) is 5.47. The molecule has 0 aliphatic rings. The van der Waals surface area contributed by atoms with E-state index in [0.717, 1.165) is 16.5 Å². The molecule has 1 aromatic heterocycles. The van der Waals surface area contributed by atoms with Crippen LogP contribution in [0.2, 0.25) is 5.02 Å². The Morgan fingerprint density at radius 3 is 2.85 bits per heavy atom. The topological polar surface area (TPSA) is 24.9 Å². The molecule has 0 bridgehead atoms. The summed E-state index contributed by atoms with van der Waals surface area (Å²) in [6.45, 7) is 0.375. The third-order valence-electron chi connectivity index (χ3n) is 3.18. The summed E-state index contributed by atoms with van der Waals surface area (Å²) in [5.74, 6) is -0.375. The van der Waals surface area contributed by atoms with Crippen LogP contribution in [0.3, 0.4) is 0 Å². The van der Waals surface area contributed by atoms with Crippen molar-refractivity contribution in [2.75, 3.05) is 5.32 Å². The molecule has 2 aromatic carbocycles. The van der Waals surface area contributed by atoms with Gasteiger partial charge >= 0.3 is 0 Å². The van der Waals surface area contributed by atoms with E-state index in [2.05, 4.69) is 10.3 Å². The second-order valence-electron chi connectivity index (χ2n) is 4.47. The standard InChI is InChI=1S/C16H12ClFN2/c17-14-5-1-4-12(16(14)18)9-20-15-6-2-3-11-7-8-19-10-13(11)15/h1-8,10,20H,9H2. The minimum atomic E-state index is -0.375. The Kier molecular flexibility index (Phi) is 3.52. The van der Waals surface area contributed by atoms with Gasteiger partial charge in [-0.15, -0.1) is 0 Å². The highest BCUT2D eigenvalue weighted by atomic mass is 35.5. The fourth-order valence-corrected chi connectivity index (χ4v) is 2.34. The van der Waals surface area contributed by atoms with Crippen LogP contribution in [0, 0.1) is 5.82 Å². The van der Waals surface area contributed by atoms with Crippen LogP contribution in [-0.2, 0) is 6.54 Å². The van der Waals surface area contributed by atoms with E-state index < -0.39 is 0 Å². The molecular formula is C16H12ClFN2. The van der Waals surface area contributed by atoms with Crippen LogP contribution in [0.15, 0.2) is 54.9 Å². The Hall–Kier alpha value is -2.13. The van der Waals surface area contributed by atoms with Crippen molar-refractivity contribution in [3.8, 4) is 0 Å². The lowest BCUT2D eigenvalue weighted by atomic mass is 10.1. The molecular weight excluding hydrogens is 275 g/mol. The first-order valence-corrected chi connectivity index (χ1v) is 6.63. The largest absolute Gasteiger partial charge is 0.380 e. The number of rotatable bonds is 3. The van der Waals surface area contributed by atoms with E-state index in [1.165, 1.54) is 0 Å². The fraction of sp³-hybridized carbons (Fsp3) is 0.0625. The maximum absolute atomic E-state index is 13.8. The summed E-state index contributed by atoms with van der Waals surface area (Å²) in [6.07, 6.45) is 3.55. The number of halogens is 2. The lowest BCUT2D eigenvalue weighted by molar-refractivity contribution is 0.613. The maximum atomic E-state index is 13.8. The van der Waals surface area contributed by atoms with Crippen molar-refractivity contribution in [1.82, 2.24) is 4.98 Å². The molecule has 0 unspecified atom stereocenters. The van der Waals surface area contributed by atoms with E-state index in [0.29, 0.717) is 12.1 Å². The van der Waals surface area contributed by atoms with Gasteiger partial charge < -0.3 is 5.32 Å². The van der Waals surface area contributed by atoms with E-state index in [1.807, 2.05) is 24.3 Å². The van der Waals surface area contributed by atoms with Gasteiger partial charge in [-0.3, -0.25) is 4.98 Å². The molecule has 3 rings (SSSR count). The molecule has 0 saturated carbocycles. The predicted molar refractivity (Wildman–Crippen MR) is 80.5 cm³/mol. The van der Waals surface area contributed by atoms with Gasteiger partial charge in [-0.1, -0.05) is 35.9 Å². The summed E-state index contributed by atoms with van der Waals surface area (Å²) >= 11 is 5.78. The van der Waals surface area contributed by atoms with Gasteiger partial charge in [0, 0.05) is 35.6 Å². The van der Waals surface area contributed by atoms with E-state index in [1.54, 1.807) is 30.6 Å². The first kappa shape index (κ1) is 12.9. The number of benzene rings is 2.